The van der Waals surface area contributed by atoms with Crippen molar-refractivity contribution in [1.82, 2.24) is 5.32 Å². The summed E-state index contributed by atoms with van der Waals surface area (Å²) in [5.41, 5.74) is 0. The molecule has 1 aliphatic rings. The van der Waals surface area contributed by atoms with Crippen molar-refractivity contribution in [3.8, 4) is 0 Å². The van der Waals surface area contributed by atoms with Crippen LogP contribution in [0.15, 0.2) is 0 Å². The molecule has 16 heavy (non-hydrogen) atoms. The predicted octanol–water partition coefficient (Wildman–Crippen LogP) is 1.09. The first-order valence-corrected chi connectivity index (χ1v) is 7.84. The van der Waals surface area contributed by atoms with Crippen molar-refractivity contribution in [2.24, 2.45) is 0 Å². The monoisotopic (exact) mass is 267 g/mol. The Bertz CT molecular complexity index is 342. The van der Waals surface area contributed by atoms with E-state index in [4.69, 9.17) is 11.6 Å². The summed E-state index contributed by atoms with van der Waals surface area (Å²) in [6.45, 7) is 2.07. The van der Waals surface area contributed by atoms with Crippen LogP contribution in [0.1, 0.15) is 32.6 Å². The van der Waals surface area contributed by atoms with Gasteiger partial charge in [-0.05, 0) is 6.42 Å². The van der Waals surface area contributed by atoms with Gasteiger partial charge in [-0.15, -0.1) is 11.6 Å². The highest BCUT2D eigenvalue weighted by Gasteiger charge is 2.37. The zero-order valence-corrected chi connectivity index (χ0v) is 11.0. The quantitative estimate of drug-likeness (QED) is 0.599. The number of amides is 1. The van der Waals surface area contributed by atoms with E-state index in [2.05, 4.69) is 12.2 Å². The minimum Gasteiger partial charge on any atom is -0.351 e. The Balaban J connectivity index is 2.35. The molecular weight excluding hydrogens is 250 g/mol. The maximum atomic E-state index is 11.5. The van der Waals surface area contributed by atoms with E-state index in [1.54, 1.807) is 0 Å². The smallest absolute Gasteiger partial charge is 0.220 e. The van der Waals surface area contributed by atoms with Gasteiger partial charge in [-0.25, -0.2) is 8.42 Å². The molecule has 0 aromatic rings. The van der Waals surface area contributed by atoms with E-state index >= 15 is 0 Å². The number of hydrogen-bond acceptors (Lipinski definition) is 3. The highest BCUT2D eigenvalue weighted by molar-refractivity contribution is 7.91. The van der Waals surface area contributed by atoms with E-state index < -0.39 is 21.3 Å². The van der Waals surface area contributed by atoms with Crippen LogP contribution in [-0.2, 0) is 14.6 Å². The summed E-state index contributed by atoms with van der Waals surface area (Å²) >= 11 is 5.87. The van der Waals surface area contributed by atoms with Crippen LogP contribution in [0.25, 0.3) is 0 Å². The standard InChI is InChI=1S/C10H18ClNO3S/c1-2-3-4-5-10(13)12-9-7-16(14,15)6-8(9)11/h8-9H,2-7H2,1H3,(H,12,13). The van der Waals surface area contributed by atoms with Crippen molar-refractivity contribution in [3.05, 3.63) is 0 Å². The van der Waals surface area contributed by atoms with E-state index in [1.807, 2.05) is 0 Å². The normalized spacial score (nSPS) is 27.9. The van der Waals surface area contributed by atoms with Gasteiger partial charge in [-0.1, -0.05) is 19.8 Å². The molecule has 4 nitrogen and oxygen atoms in total. The summed E-state index contributed by atoms with van der Waals surface area (Å²) in [6, 6.07) is -0.416. The lowest BCUT2D eigenvalue weighted by Gasteiger charge is -2.13. The summed E-state index contributed by atoms with van der Waals surface area (Å²) in [5.74, 6) is -0.156. The Labute approximate surface area is 102 Å². The average molecular weight is 268 g/mol. The van der Waals surface area contributed by atoms with E-state index in [0.29, 0.717) is 6.42 Å². The first-order valence-electron chi connectivity index (χ1n) is 5.58. The highest BCUT2D eigenvalue weighted by atomic mass is 35.5. The van der Waals surface area contributed by atoms with Crippen molar-refractivity contribution in [2.75, 3.05) is 11.5 Å². The summed E-state index contributed by atoms with van der Waals surface area (Å²) in [6.07, 6.45) is 3.37. The number of alkyl halides is 1. The fraction of sp³-hybridized carbons (Fsp3) is 0.900. The summed E-state index contributed by atoms with van der Waals surface area (Å²) in [5, 5.41) is 2.21. The van der Waals surface area contributed by atoms with Gasteiger partial charge in [-0.3, -0.25) is 4.79 Å². The van der Waals surface area contributed by atoms with Crippen LogP contribution in [0.5, 0.6) is 0 Å². The molecule has 0 radical (unpaired) electrons. The van der Waals surface area contributed by atoms with Crippen molar-refractivity contribution in [1.29, 1.82) is 0 Å². The molecule has 1 amide bonds. The van der Waals surface area contributed by atoms with Gasteiger partial charge in [0.2, 0.25) is 5.91 Å². The molecule has 2 atom stereocenters. The second-order valence-corrected chi connectivity index (χ2v) is 6.94. The molecule has 0 spiro atoms. The minimum absolute atomic E-state index is 0.0271. The van der Waals surface area contributed by atoms with E-state index in [-0.39, 0.29) is 17.4 Å². The van der Waals surface area contributed by atoms with Gasteiger partial charge in [0.1, 0.15) is 0 Å². The number of hydrogen-bond donors (Lipinski definition) is 1. The topological polar surface area (TPSA) is 63.2 Å². The molecule has 1 fully saturated rings. The average Bonchev–Trinajstić information content (AvgIpc) is 2.40. The third-order valence-corrected chi connectivity index (χ3v) is 5.01. The molecule has 1 saturated heterocycles. The number of halogens is 1. The number of sulfone groups is 1. The second-order valence-electron chi connectivity index (χ2n) is 4.22. The zero-order chi connectivity index (χ0) is 12.2. The zero-order valence-electron chi connectivity index (χ0n) is 9.41. The van der Waals surface area contributed by atoms with Crippen molar-refractivity contribution >= 4 is 27.3 Å². The van der Waals surface area contributed by atoms with Crippen LogP contribution in [0.4, 0.5) is 0 Å². The summed E-state index contributed by atoms with van der Waals surface area (Å²) in [4.78, 5) is 11.5. The van der Waals surface area contributed by atoms with Crippen LogP contribution < -0.4 is 5.32 Å². The molecule has 0 aromatic carbocycles. The van der Waals surface area contributed by atoms with Crippen molar-refractivity contribution < 1.29 is 13.2 Å². The number of unbranched alkanes of at least 4 members (excludes halogenated alkanes) is 2. The van der Waals surface area contributed by atoms with Crippen molar-refractivity contribution in [3.63, 3.8) is 0 Å². The second kappa shape index (κ2) is 5.87. The van der Waals surface area contributed by atoms with Gasteiger partial charge in [0, 0.05) is 6.42 Å². The van der Waals surface area contributed by atoms with Gasteiger partial charge in [-0.2, -0.15) is 0 Å². The lowest BCUT2D eigenvalue weighted by molar-refractivity contribution is -0.121. The third kappa shape index (κ3) is 4.29. The first-order chi connectivity index (χ1) is 7.44. The van der Waals surface area contributed by atoms with Gasteiger partial charge in [0.05, 0.1) is 22.9 Å². The molecule has 0 bridgehead atoms. The van der Waals surface area contributed by atoms with Gasteiger partial charge in [0.15, 0.2) is 9.84 Å². The highest BCUT2D eigenvalue weighted by Crippen LogP contribution is 2.18. The molecule has 1 rings (SSSR count). The number of nitrogens with one attached hydrogen (secondary N) is 1. The van der Waals surface area contributed by atoms with Gasteiger partial charge in [0.25, 0.3) is 0 Å². The summed E-state index contributed by atoms with van der Waals surface area (Å²) in [7, 11) is -3.06. The van der Waals surface area contributed by atoms with Gasteiger partial charge >= 0.3 is 0 Å². The van der Waals surface area contributed by atoms with E-state index in [9.17, 15) is 13.2 Å². The lowest BCUT2D eigenvalue weighted by Crippen LogP contribution is -2.40. The molecule has 1 aliphatic heterocycles. The fourth-order valence-corrected chi connectivity index (χ4v) is 4.30. The van der Waals surface area contributed by atoms with Crippen molar-refractivity contribution in [2.45, 2.75) is 44.0 Å². The molecular formula is C10H18ClNO3S. The van der Waals surface area contributed by atoms with E-state index in [0.717, 1.165) is 19.3 Å². The van der Waals surface area contributed by atoms with E-state index in [1.165, 1.54) is 0 Å². The molecule has 6 heteroatoms. The molecule has 0 aliphatic carbocycles. The van der Waals surface area contributed by atoms with Crippen LogP contribution >= 0.6 is 11.6 Å². The number of rotatable bonds is 5. The predicted molar refractivity (Wildman–Crippen MR) is 64.4 cm³/mol. The first kappa shape index (κ1) is 13.8. The Morgan fingerprint density at radius 1 is 1.38 bits per heavy atom. The molecule has 0 aromatic heterocycles. The van der Waals surface area contributed by atoms with Crippen LogP contribution in [0, 0.1) is 0 Å². The van der Waals surface area contributed by atoms with Crippen LogP contribution in [0.3, 0.4) is 0 Å². The lowest BCUT2D eigenvalue weighted by atomic mass is 10.2. The molecule has 1 N–H and O–H groups in total. The molecule has 94 valence electrons. The molecule has 0 saturated carbocycles. The number of carbonyl (C=O) groups is 1. The van der Waals surface area contributed by atoms with Gasteiger partial charge < -0.3 is 5.32 Å². The maximum absolute atomic E-state index is 11.5. The van der Waals surface area contributed by atoms with Crippen LogP contribution in [0.2, 0.25) is 0 Å². The SMILES string of the molecule is CCCCCC(=O)NC1CS(=O)(=O)CC1Cl. The Hall–Kier alpha value is -0.290. The minimum atomic E-state index is -3.06. The Morgan fingerprint density at radius 3 is 2.56 bits per heavy atom. The number of carbonyl (C=O) groups excluding carboxylic acids is 1. The largest absolute Gasteiger partial charge is 0.351 e. The third-order valence-electron chi connectivity index (χ3n) is 2.64. The summed E-state index contributed by atoms with van der Waals surface area (Å²) < 4.78 is 22.5. The fourth-order valence-electron chi connectivity index (χ4n) is 1.75. The Kier molecular flexibility index (Phi) is 5.05. The molecule has 2 unspecified atom stereocenters. The Morgan fingerprint density at radius 2 is 2.06 bits per heavy atom. The maximum Gasteiger partial charge on any atom is 0.220 e. The van der Waals surface area contributed by atoms with Crippen LogP contribution in [-0.4, -0.2) is 37.2 Å². The molecule has 1 heterocycles.